The zero-order valence-corrected chi connectivity index (χ0v) is 20.7. The van der Waals surface area contributed by atoms with Crippen LogP contribution in [0.4, 0.5) is 0 Å². The molecule has 184 valence electrons. The largest absolute Gasteiger partial charge is 0.490 e. The van der Waals surface area contributed by atoms with Crippen LogP contribution < -0.4 is 10.5 Å². The van der Waals surface area contributed by atoms with Crippen LogP contribution in [0, 0.1) is 10.8 Å². The number of amidine groups is 2. The molecule has 1 atom stereocenters. The van der Waals surface area contributed by atoms with Gasteiger partial charge in [0.15, 0.2) is 5.16 Å². The monoisotopic (exact) mass is 494 g/mol. The highest BCUT2D eigenvalue weighted by molar-refractivity contribution is 8.00. The van der Waals surface area contributed by atoms with Gasteiger partial charge in [0.2, 0.25) is 0 Å². The number of ether oxygens (including phenoxy) is 2. The fourth-order valence-electron chi connectivity index (χ4n) is 4.01. The molecule has 3 aromatic rings. The average Bonchev–Trinajstić information content (AvgIpc) is 3.25. The van der Waals surface area contributed by atoms with Crippen LogP contribution >= 0.6 is 11.8 Å². The third kappa shape index (κ3) is 5.94. The summed E-state index contributed by atoms with van der Waals surface area (Å²) in [7, 11) is 0. The fourth-order valence-corrected chi connectivity index (χ4v) is 5.01. The molecule has 10 heteroatoms. The normalized spacial score (nSPS) is 15.1. The summed E-state index contributed by atoms with van der Waals surface area (Å²) < 4.78 is 11.5. The molecule has 1 saturated heterocycles. The van der Waals surface area contributed by atoms with E-state index in [2.05, 4.69) is 14.9 Å². The number of aromatic nitrogens is 2. The van der Waals surface area contributed by atoms with Gasteiger partial charge in [-0.05, 0) is 49.7 Å². The molecule has 1 aliphatic rings. The summed E-state index contributed by atoms with van der Waals surface area (Å²) in [4.78, 5) is 22.7. The predicted octanol–water partition coefficient (Wildman–Crippen LogP) is 4.08. The maximum absolute atomic E-state index is 12.8. The first-order chi connectivity index (χ1) is 16.8. The number of aromatic amines is 1. The number of likely N-dealkylation sites (tertiary alicyclic amines) is 1. The second-order valence-electron chi connectivity index (χ2n) is 8.40. The average molecular weight is 495 g/mol. The number of piperidine rings is 1. The first-order valence-corrected chi connectivity index (χ1v) is 12.5. The van der Waals surface area contributed by atoms with Crippen molar-refractivity contribution in [3.8, 4) is 5.75 Å². The number of thioether (sulfide) groups is 1. The van der Waals surface area contributed by atoms with Crippen molar-refractivity contribution in [3.05, 3.63) is 53.6 Å². The number of hydrogen-bond acceptors (Lipinski definition) is 7. The van der Waals surface area contributed by atoms with Crippen LogP contribution in [0.25, 0.3) is 11.0 Å². The Morgan fingerprint density at radius 3 is 2.57 bits per heavy atom. The fraction of sp³-hybridized carbons (Fsp3) is 0.360. The molecule has 0 saturated carbocycles. The van der Waals surface area contributed by atoms with E-state index in [1.54, 1.807) is 25.1 Å². The van der Waals surface area contributed by atoms with Crippen LogP contribution in [-0.2, 0) is 9.53 Å². The van der Waals surface area contributed by atoms with Gasteiger partial charge in [0.05, 0.1) is 23.5 Å². The molecule has 0 radical (unpaired) electrons. The number of esters is 1. The van der Waals surface area contributed by atoms with Crippen molar-refractivity contribution in [2.24, 2.45) is 5.73 Å². The van der Waals surface area contributed by atoms with Crippen LogP contribution in [0.3, 0.4) is 0 Å². The van der Waals surface area contributed by atoms with E-state index >= 15 is 0 Å². The number of hydrogen-bond donors (Lipinski definition) is 4. The van der Waals surface area contributed by atoms with E-state index in [0.29, 0.717) is 16.6 Å². The second kappa shape index (κ2) is 10.8. The van der Waals surface area contributed by atoms with Gasteiger partial charge in [-0.1, -0.05) is 23.9 Å². The van der Waals surface area contributed by atoms with Crippen molar-refractivity contribution < 1.29 is 14.3 Å². The lowest BCUT2D eigenvalue weighted by molar-refractivity contribution is -0.142. The number of nitrogens with zero attached hydrogens (tertiary/aromatic N) is 2. The van der Waals surface area contributed by atoms with Gasteiger partial charge in [-0.2, -0.15) is 0 Å². The van der Waals surface area contributed by atoms with Crippen molar-refractivity contribution >= 4 is 40.4 Å². The molecule has 1 aromatic heterocycles. The summed E-state index contributed by atoms with van der Waals surface area (Å²) >= 11 is 1.28. The maximum Gasteiger partial charge on any atom is 0.324 e. The lowest BCUT2D eigenvalue weighted by Crippen LogP contribution is -2.40. The molecule has 2 aromatic carbocycles. The van der Waals surface area contributed by atoms with Crippen LogP contribution in [0.1, 0.15) is 43.1 Å². The smallest absolute Gasteiger partial charge is 0.324 e. The molecule has 1 fully saturated rings. The van der Waals surface area contributed by atoms with E-state index in [-0.39, 0.29) is 24.5 Å². The number of benzene rings is 2. The number of imidazole rings is 1. The van der Waals surface area contributed by atoms with E-state index in [4.69, 9.17) is 26.0 Å². The number of nitrogens with one attached hydrogen (secondary N) is 3. The van der Waals surface area contributed by atoms with Gasteiger partial charge in [0.1, 0.15) is 22.9 Å². The van der Waals surface area contributed by atoms with Crippen LogP contribution in [0.15, 0.2) is 47.6 Å². The van der Waals surface area contributed by atoms with Gasteiger partial charge in [-0.3, -0.25) is 15.6 Å². The van der Waals surface area contributed by atoms with Crippen molar-refractivity contribution in [2.75, 3.05) is 19.7 Å². The number of carbonyl (C=O) groups is 1. The number of rotatable bonds is 8. The van der Waals surface area contributed by atoms with E-state index in [0.717, 1.165) is 48.3 Å². The van der Waals surface area contributed by atoms with E-state index in [1.807, 2.05) is 31.2 Å². The minimum absolute atomic E-state index is 0.0159. The minimum atomic E-state index is -0.601. The Morgan fingerprint density at radius 1 is 1.23 bits per heavy atom. The van der Waals surface area contributed by atoms with Crippen LogP contribution in [-0.4, -0.2) is 58.3 Å². The molecule has 35 heavy (non-hydrogen) atoms. The molecule has 5 N–H and O–H groups in total. The van der Waals surface area contributed by atoms with Crippen molar-refractivity contribution in [3.63, 3.8) is 0 Å². The molecule has 9 nitrogen and oxygen atoms in total. The van der Waals surface area contributed by atoms with Crippen molar-refractivity contribution in [2.45, 2.75) is 43.2 Å². The molecule has 0 spiro atoms. The van der Waals surface area contributed by atoms with Gasteiger partial charge < -0.3 is 25.1 Å². The second-order valence-corrected chi connectivity index (χ2v) is 9.49. The SMILES string of the molecule is CCOC(=O)C(Sc1nc2ccc(C(=N)N)cc2[nH]1)c1ccc(OC2CCN(C(C)=N)CC2)cc1. The summed E-state index contributed by atoms with van der Waals surface area (Å²) in [5.74, 6) is 0.995. The number of nitrogens with two attached hydrogens (primary N) is 1. The first kappa shape index (κ1) is 24.6. The summed E-state index contributed by atoms with van der Waals surface area (Å²) in [6, 6.07) is 12.9. The number of fused-ring (bicyclic) bond motifs is 1. The molecule has 1 aliphatic heterocycles. The Kier molecular flexibility index (Phi) is 7.60. The molecule has 0 aliphatic carbocycles. The third-order valence-electron chi connectivity index (χ3n) is 5.90. The Balaban J connectivity index is 1.48. The van der Waals surface area contributed by atoms with Gasteiger partial charge in [0.25, 0.3) is 0 Å². The van der Waals surface area contributed by atoms with E-state index in [1.165, 1.54) is 11.8 Å². The molecular weight excluding hydrogens is 464 g/mol. The highest BCUT2D eigenvalue weighted by atomic mass is 32.2. The molecule has 1 unspecified atom stereocenters. The van der Waals surface area contributed by atoms with Crippen molar-refractivity contribution in [1.82, 2.24) is 14.9 Å². The Hall–Kier alpha value is -3.53. The lowest BCUT2D eigenvalue weighted by Gasteiger charge is -2.32. The zero-order valence-electron chi connectivity index (χ0n) is 19.8. The quantitative estimate of drug-likeness (QED) is 0.160. The van der Waals surface area contributed by atoms with Gasteiger partial charge in [0, 0.05) is 31.5 Å². The summed E-state index contributed by atoms with van der Waals surface area (Å²) in [6.07, 6.45) is 1.86. The Morgan fingerprint density at radius 2 is 1.94 bits per heavy atom. The summed E-state index contributed by atoms with van der Waals surface area (Å²) in [5.41, 5.74) is 8.47. The number of nitrogen functional groups attached to an aromatic ring is 1. The van der Waals surface area contributed by atoms with Gasteiger partial charge in [-0.25, -0.2) is 4.98 Å². The van der Waals surface area contributed by atoms with Gasteiger partial charge >= 0.3 is 5.97 Å². The topological polar surface area (TPSA) is 141 Å². The maximum atomic E-state index is 12.8. The van der Waals surface area contributed by atoms with Gasteiger partial charge in [-0.15, -0.1) is 0 Å². The molecule has 4 rings (SSSR count). The van der Waals surface area contributed by atoms with Crippen LogP contribution in [0.5, 0.6) is 5.75 Å². The Labute approximate surface area is 208 Å². The standard InChI is InChI=1S/C25H30N6O3S/c1-3-33-24(32)22(35-25-29-20-9-6-17(23(27)28)14-21(20)30-25)16-4-7-18(8-5-16)34-19-10-12-31(13-11-19)15(2)26/h4-9,14,19,22,26H,3,10-13H2,1-2H3,(H3,27,28)(H,29,30). The zero-order chi connectivity index (χ0) is 24.9. The first-order valence-electron chi connectivity index (χ1n) is 11.6. The Bertz CT molecular complexity index is 1220. The molecule has 0 bridgehead atoms. The summed E-state index contributed by atoms with van der Waals surface area (Å²) in [6.45, 7) is 5.53. The summed E-state index contributed by atoms with van der Waals surface area (Å²) in [5, 5.41) is 15.4. The molecule has 0 amide bonds. The molecular formula is C25H30N6O3S. The molecule has 2 heterocycles. The van der Waals surface area contributed by atoms with E-state index < -0.39 is 5.25 Å². The highest BCUT2D eigenvalue weighted by Gasteiger charge is 2.26. The number of carbonyl (C=O) groups excluding carboxylic acids is 1. The van der Waals surface area contributed by atoms with Crippen molar-refractivity contribution in [1.29, 1.82) is 10.8 Å². The van der Waals surface area contributed by atoms with E-state index in [9.17, 15) is 4.79 Å². The predicted molar refractivity (Wildman–Crippen MR) is 137 cm³/mol. The number of H-pyrrole nitrogens is 1. The third-order valence-corrected chi connectivity index (χ3v) is 7.02. The highest BCUT2D eigenvalue weighted by Crippen LogP contribution is 2.36. The van der Waals surface area contributed by atoms with Crippen LogP contribution in [0.2, 0.25) is 0 Å². The lowest BCUT2D eigenvalue weighted by atomic mass is 10.1. The minimum Gasteiger partial charge on any atom is -0.490 e.